The lowest BCUT2D eigenvalue weighted by atomic mass is 9.42. The van der Waals surface area contributed by atoms with E-state index >= 15 is 0 Å². The summed E-state index contributed by atoms with van der Waals surface area (Å²) in [4.78, 5) is 24.6. The number of benzene rings is 2. The highest BCUT2D eigenvalue weighted by Crippen LogP contribution is 2.66. The number of esters is 1. The number of anilines is 1. The molecule has 4 fully saturated rings. The first-order valence-electron chi connectivity index (χ1n) is 10.7. The predicted octanol–water partition coefficient (Wildman–Crippen LogP) is 5.74. The third-order valence-corrected chi connectivity index (χ3v) is 7.63. The number of nitrogens with one attached hydrogen (secondary N) is 1. The van der Waals surface area contributed by atoms with Crippen LogP contribution in [0.25, 0.3) is 0 Å². The molecule has 4 aliphatic carbocycles. The normalized spacial score (nSPS) is 31.4. The summed E-state index contributed by atoms with van der Waals surface area (Å²) in [7, 11) is 0. The Hall–Kier alpha value is -2.33. The minimum Gasteiger partial charge on any atom is -0.427 e. The molecular weight excluding hydrogens is 398 g/mol. The van der Waals surface area contributed by atoms with Crippen LogP contribution in [0.1, 0.15) is 51.0 Å². The molecule has 4 saturated carbocycles. The van der Waals surface area contributed by atoms with Gasteiger partial charge in [0.05, 0.1) is 5.41 Å². The maximum atomic E-state index is 13.5. The molecule has 0 saturated heterocycles. The van der Waals surface area contributed by atoms with Gasteiger partial charge in [0.15, 0.2) is 0 Å². The first kappa shape index (κ1) is 19.6. The third kappa shape index (κ3) is 3.41. The highest BCUT2D eigenvalue weighted by Gasteiger charge is 2.60. The minimum absolute atomic E-state index is 0.0885. The molecule has 4 nitrogen and oxygen atoms in total. The molecule has 4 aliphatic rings. The van der Waals surface area contributed by atoms with Crippen molar-refractivity contribution in [3.05, 3.63) is 59.1 Å². The summed E-state index contributed by atoms with van der Waals surface area (Å²) in [6, 6.07) is 15.3. The van der Waals surface area contributed by atoms with Gasteiger partial charge in [-0.1, -0.05) is 23.7 Å². The highest BCUT2D eigenvalue weighted by atomic mass is 35.5. The van der Waals surface area contributed by atoms with Gasteiger partial charge in [-0.15, -0.1) is 0 Å². The average molecular weight is 424 g/mol. The summed E-state index contributed by atoms with van der Waals surface area (Å²) in [5, 5.41) is 3.91. The lowest BCUT2D eigenvalue weighted by Gasteiger charge is -2.61. The molecule has 1 amide bonds. The van der Waals surface area contributed by atoms with E-state index in [4.69, 9.17) is 16.3 Å². The van der Waals surface area contributed by atoms with Crippen LogP contribution < -0.4 is 10.1 Å². The van der Waals surface area contributed by atoms with Crippen LogP contribution in [-0.4, -0.2) is 11.9 Å². The molecule has 0 spiro atoms. The van der Waals surface area contributed by atoms with Crippen molar-refractivity contribution < 1.29 is 14.3 Å². The largest absolute Gasteiger partial charge is 0.427 e. The molecule has 4 bridgehead atoms. The summed E-state index contributed by atoms with van der Waals surface area (Å²) >= 11 is 6.13. The topological polar surface area (TPSA) is 55.4 Å². The minimum atomic E-state index is -0.354. The molecule has 30 heavy (non-hydrogen) atoms. The fourth-order valence-electron chi connectivity index (χ4n) is 6.71. The summed E-state index contributed by atoms with van der Waals surface area (Å²) in [5.74, 6) is 1.48. The second-order valence-electron chi connectivity index (χ2n) is 9.60. The number of rotatable bonds is 4. The Labute approximate surface area is 182 Å². The smallest absolute Gasteiger partial charge is 0.308 e. The fourth-order valence-corrected chi connectivity index (χ4v) is 6.83. The number of ether oxygens (including phenoxy) is 1. The van der Waals surface area contributed by atoms with Gasteiger partial charge in [-0.05, 0) is 97.7 Å². The fraction of sp³-hybridized carbons (Fsp3) is 0.440. The number of hydrogen-bond acceptors (Lipinski definition) is 3. The lowest BCUT2D eigenvalue weighted by molar-refractivity contribution is -0.143. The van der Waals surface area contributed by atoms with Gasteiger partial charge in [-0.3, -0.25) is 9.59 Å². The zero-order valence-electron chi connectivity index (χ0n) is 17.1. The molecule has 2 aromatic carbocycles. The van der Waals surface area contributed by atoms with Crippen LogP contribution in [-0.2, 0) is 15.0 Å². The summed E-state index contributed by atoms with van der Waals surface area (Å²) in [6.45, 7) is 1.37. The van der Waals surface area contributed by atoms with Crippen LogP contribution in [0.2, 0.25) is 5.02 Å². The predicted molar refractivity (Wildman–Crippen MR) is 117 cm³/mol. The van der Waals surface area contributed by atoms with Gasteiger partial charge in [-0.25, -0.2) is 0 Å². The Morgan fingerprint density at radius 2 is 1.60 bits per heavy atom. The molecule has 1 N–H and O–H groups in total. The van der Waals surface area contributed by atoms with Crippen molar-refractivity contribution in [2.24, 2.45) is 17.3 Å². The molecule has 6 rings (SSSR count). The Kier molecular flexibility index (Phi) is 4.66. The zero-order chi connectivity index (χ0) is 20.9. The van der Waals surface area contributed by atoms with Crippen LogP contribution in [0.3, 0.4) is 0 Å². The van der Waals surface area contributed by atoms with Crippen molar-refractivity contribution in [2.75, 3.05) is 5.32 Å². The summed E-state index contributed by atoms with van der Waals surface area (Å²) in [6.07, 6.45) is 6.48. The van der Waals surface area contributed by atoms with E-state index in [1.54, 1.807) is 24.3 Å². The van der Waals surface area contributed by atoms with Gasteiger partial charge in [0, 0.05) is 17.6 Å². The van der Waals surface area contributed by atoms with Gasteiger partial charge < -0.3 is 10.1 Å². The van der Waals surface area contributed by atoms with Crippen molar-refractivity contribution in [1.29, 1.82) is 0 Å². The van der Waals surface area contributed by atoms with E-state index in [2.05, 4.69) is 17.4 Å². The average Bonchev–Trinajstić information content (AvgIpc) is 2.68. The van der Waals surface area contributed by atoms with E-state index in [1.807, 2.05) is 12.1 Å². The molecule has 156 valence electrons. The molecule has 0 radical (unpaired) electrons. The van der Waals surface area contributed by atoms with Gasteiger partial charge in [0.25, 0.3) is 0 Å². The maximum Gasteiger partial charge on any atom is 0.308 e. The van der Waals surface area contributed by atoms with E-state index < -0.39 is 0 Å². The van der Waals surface area contributed by atoms with E-state index in [0.717, 1.165) is 30.0 Å². The van der Waals surface area contributed by atoms with Gasteiger partial charge in [0.1, 0.15) is 5.75 Å². The van der Waals surface area contributed by atoms with E-state index in [-0.39, 0.29) is 22.7 Å². The summed E-state index contributed by atoms with van der Waals surface area (Å²) < 4.78 is 5.08. The quantitative estimate of drug-likeness (QED) is 0.503. The molecule has 2 atom stereocenters. The number of carbonyl (C=O) groups excluding carboxylic acids is 2. The van der Waals surface area contributed by atoms with E-state index in [0.29, 0.717) is 17.6 Å². The molecule has 0 heterocycles. The van der Waals surface area contributed by atoms with Crippen LogP contribution in [0, 0.1) is 17.3 Å². The Bertz CT molecular complexity index is 968. The maximum absolute atomic E-state index is 13.5. The monoisotopic (exact) mass is 423 g/mol. The molecule has 0 aromatic heterocycles. The highest BCUT2D eigenvalue weighted by molar-refractivity contribution is 6.30. The molecular formula is C25H26ClNO3. The van der Waals surface area contributed by atoms with Gasteiger partial charge in [0.2, 0.25) is 5.91 Å². The summed E-state index contributed by atoms with van der Waals surface area (Å²) in [5.41, 5.74) is 1.86. The van der Waals surface area contributed by atoms with Crippen molar-refractivity contribution in [2.45, 2.75) is 50.9 Å². The Balaban J connectivity index is 1.39. The van der Waals surface area contributed by atoms with Crippen LogP contribution >= 0.6 is 11.6 Å². The van der Waals surface area contributed by atoms with Crippen molar-refractivity contribution in [3.63, 3.8) is 0 Å². The van der Waals surface area contributed by atoms with Crippen molar-refractivity contribution >= 4 is 29.2 Å². The molecule has 5 heteroatoms. The van der Waals surface area contributed by atoms with E-state index in [9.17, 15) is 9.59 Å². The lowest BCUT2D eigenvalue weighted by Crippen LogP contribution is -2.57. The van der Waals surface area contributed by atoms with Crippen LogP contribution in [0.4, 0.5) is 5.69 Å². The number of amides is 1. The third-order valence-electron chi connectivity index (χ3n) is 7.37. The first-order valence-corrected chi connectivity index (χ1v) is 11.1. The second kappa shape index (κ2) is 7.12. The molecule has 2 unspecified atom stereocenters. The second-order valence-corrected chi connectivity index (χ2v) is 10.0. The van der Waals surface area contributed by atoms with Crippen LogP contribution in [0.15, 0.2) is 48.5 Å². The number of halogens is 1. The van der Waals surface area contributed by atoms with Crippen LogP contribution in [0.5, 0.6) is 5.75 Å². The van der Waals surface area contributed by atoms with Crippen molar-refractivity contribution in [1.82, 2.24) is 0 Å². The van der Waals surface area contributed by atoms with Gasteiger partial charge >= 0.3 is 5.97 Å². The Morgan fingerprint density at radius 3 is 2.20 bits per heavy atom. The number of carbonyl (C=O) groups is 2. The zero-order valence-corrected chi connectivity index (χ0v) is 17.9. The Morgan fingerprint density at radius 1 is 0.967 bits per heavy atom. The van der Waals surface area contributed by atoms with E-state index in [1.165, 1.54) is 31.7 Å². The molecule has 2 aromatic rings. The molecule has 0 aliphatic heterocycles. The SMILES string of the molecule is CC(=O)Oc1ccc(NC(=O)C23CC4CC(C2)CC(c2ccc(Cl)cc2)(C4)C3)cc1. The van der Waals surface area contributed by atoms with Gasteiger partial charge in [-0.2, -0.15) is 0 Å². The standard InChI is InChI=1S/C25H26ClNO3/c1-16(28)30-22-8-6-21(7-9-22)27-23(29)25-13-17-10-18(14-25)12-24(11-17,15-25)19-2-4-20(26)5-3-19/h2-9,17-18H,10-15H2,1H3,(H,27,29). The number of hydrogen-bond donors (Lipinski definition) is 1. The van der Waals surface area contributed by atoms with Crippen molar-refractivity contribution in [3.8, 4) is 5.75 Å². The first-order chi connectivity index (χ1) is 14.4.